The van der Waals surface area contributed by atoms with Gasteiger partial charge in [0.2, 0.25) is 0 Å². The Morgan fingerprint density at radius 3 is 2.57 bits per heavy atom. The average molecular weight is 504 g/mol. The summed E-state index contributed by atoms with van der Waals surface area (Å²) in [5.74, 6) is -0.103. The maximum atomic E-state index is 12.1. The number of nitrogens with one attached hydrogen (secondary N) is 2. The van der Waals surface area contributed by atoms with E-state index in [4.69, 9.17) is 5.73 Å². The van der Waals surface area contributed by atoms with Crippen LogP contribution in [0.1, 0.15) is 11.1 Å². The summed E-state index contributed by atoms with van der Waals surface area (Å²) >= 11 is 0. The fraction of sp³-hybridized carbons (Fsp3) is 0.211. The SMILES string of the molecule is Cc1cccc2c(CCN=C(N)Nc3ccc(OC(F)(F)F)cc3)c[nH]c12.I. The Morgan fingerprint density at radius 2 is 1.89 bits per heavy atom. The molecule has 3 aromatic rings. The van der Waals surface area contributed by atoms with Crippen molar-refractivity contribution in [2.75, 3.05) is 11.9 Å². The third kappa shape index (κ3) is 5.78. The zero-order valence-corrected chi connectivity index (χ0v) is 17.3. The molecule has 0 aliphatic heterocycles. The zero-order valence-electron chi connectivity index (χ0n) is 15.0. The summed E-state index contributed by atoms with van der Waals surface area (Å²) in [5.41, 5.74) is 9.81. The molecule has 0 aliphatic rings. The van der Waals surface area contributed by atoms with Crippen molar-refractivity contribution in [3.63, 3.8) is 0 Å². The first-order valence-electron chi connectivity index (χ1n) is 8.30. The van der Waals surface area contributed by atoms with Gasteiger partial charge in [-0.2, -0.15) is 0 Å². The van der Waals surface area contributed by atoms with Crippen LogP contribution in [-0.2, 0) is 6.42 Å². The Labute approximate surface area is 177 Å². The van der Waals surface area contributed by atoms with Gasteiger partial charge in [0, 0.05) is 29.3 Å². The molecule has 4 N–H and O–H groups in total. The molecule has 0 aliphatic carbocycles. The second-order valence-corrected chi connectivity index (χ2v) is 6.03. The molecule has 0 spiro atoms. The molecule has 2 aromatic carbocycles. The van der Waals surface area contributed by atoms with E-state index in [1.807, 2.05) is 25.3 Å². The topological polar surface area (TPSA) is 75.4 Å². The molecule has 0 saturated carbocycles. The van der Waals surface area contributed by atoms with Crippen LogP contribution in [0.4, 0.5) is 18.9 Å². The third-order valence-electron chi connectivity index (χ3n) is 4.03. The molecule has 0 fully saturated rings. The number of para-hydroxylation sites is 1. The number of benzene rings is 2. The van der Waals surface area contributed by atoms with Gasteiger partial charge in [0.05, 0.1) is 0 Å². The lowest BCUT2D eigenvalue weighted by atomic mass is 10.1. The standard InChI is InChI=1S/C19H19F3N4O.HI/c1-12-3-2-4-16-13(11-25-17(12)16)9-10-24-18(23)26-14-5-7-15(8-6-14)27-19(20,21)22;/h2-8,11,25H,9-10H2,1H3,(H3,23,24,26);1H. The first-order valence-corrected chi connectivity index (χ1v) is 8.30. The molecule has 1 aromatic heterocycles. The highest BCUT2D eigenvalue weighted by molar-refractivity contribution is 14.0. The highest BCUT2D eigenvalue weighted by atomic mass is 127. The number of fused-ring (bicyclic) bond motifs is 1. The molecule has 150 valence electrons. The Hall–Kier alpha value is -2.43. The van der Waals surface area contributed by atoms with Gasteiger partial charge in [-0.05, 0) is 48.7 Å². The largest absolute Gasteiger partial charge is 0.573 e. The van der Waals surface area contributed by atoms with Crippen LogP contribution in [0.3, 0.4) is 0 Å². The van der Waals surface area contributed by atoms with E-state index in [1.54, 1.807) is 0 Å². The minimum Gasteiger partial charge on any atom is -0.406 e. The van der Waals surface area contributed by atoms with Gasteiger partial charge in [-0.1, -0.05) is 18.2 Å². The van der Waals surface area contributed by atoms with Crippen molar-refractivity contribution in [2.45, 2.75) is 19.7 Å². The molecule has 28 heavy (non-hydrogen) atoms. The van der Waals surface area contributed by atoms with Crippen LogP contribution in [0.5, 0.6) is 5.75 Å². The van der Waals surface area contributed by atoms with Gasteiger partial charge in [0.25, 0.3) is 0 Å². The van der Waals surface area contributed by atoms with E-state index in [-0.39, 0.29) is 35.7 Å². The number of hydrogen-bond donors (Lipinski definition) is 3. The van der Waals surface area contributed by atoms with Crippen molar-refractivity contribution in [1.82, 2.24) is 4.98 Å². The summed E-state index contributed by atoms with van der Waals surface area (Å²) in [6, 6.07) is 11.4. The first-order chi connectivity index (χ1) is 12.8. The summed E-state index contributed by atoms with van der Waals surface area (Å²) < 4.78 is 40.3. The number of H-pyrrole nitrogens is 1. The highest BCUT2D eigenvalue weighted by Gasteiger charge is 2.30. The summed E-state index contributed by atoms with van der Waals surface area (Å²) in [6.45, 7) is 2.53. The van der Waals surface area contributed by atoms with Crippen LogP contribution >= 0.6 is 24.0 Å². The van der Waals surface area contributed by atoms with Gasteiger partial charge < -0.3 is 20.8 Å². The lowest BCUT2D eigenvalue weighted by Gasteiger charge is -2.10. The van der Waals surface area contributed by atoms with Crippen molar-refractivity contribution in [2.24, 2.45) is 10.7 Å². The Kier molecular flexibility index (Phi) is 7.17. The number of ether oxygens (including phenoxy) is 1. The number of alkyl halides is 3. The first kappa shape index (κ1) is 21.9. The fourth-order valence-corrected chi connectivity index (χ4v) is 2.79. The summed E-state index contributed by atoms with van der Waals surface area (Å²) in [5, 5.41) is 4.01. The molecule has 0 unspecified atom stereocenters. The molecule has 0 amide bonds. The third-order valence-corrected chi connectivity index (χ3v) is 4.03. The Balaban J connectivity index is 0.00000280. The molecule has 0 saturated heterocycles. The van der Waals surface area contributed by atoms with E-state index in [0.29, 0.717) is 18.7 Å². The molecular weight excluding hydrogens is 484 g/mol. The number of rotatable bonds is 5. The van der Waals surface area contributed by atoms with Crippen molar-refractivity contribution >= 4 is 46.5 Å². The van der Waals surface area contributed by atoms with Crippen LogP contribution in [0.25, 0.3) is 10.9 Å². The monoisotopic (exact) mass is 504 g/mol. The van der Waals surface area contributed by atoms with Crippen LogP contribution in [-0.4, -0.2) is 23.9 Å². The predicted molar refractivity (Wildman–Crippen MR) is 115 cm³/mol. The van der Waals surface area contributed by atoms with Gasteiger partial charge in [0.1, 0.15) is 5.75 Å². The molecule has 5 nitrogen and oxygen atoms in total. The molecule has 1 heterocycles. The number of aliphatic imine (C=N–C) groups is 1. The fourth-order valence-electron chi connectivity index (χ4n) is 2.79. The number of guanidine groups is 1. The number of aryl methyl sites for hydroxylation is 1. The normalized spacial score (nSPS) is 11.9. The van der Waals surface area contributed by atoms with Crippen LogP contribution in [0.2, 0.25) is 0 Å². The van der Waals surface area contributed by atoms with E-state index >= 15 is 0 Å². The number of aromatic amines is 1. The predicted octanol–water partition coefficient (Wildman–Crippen LogP) is 4.96. The van der Waals surface area contributed by atoms with E-state index in [2.05, 4.69) is 26.1 Å². The smallest absolute Gasteiger partial charge is 0.406 e. The summed E-state index contributed by atoms with van der Waals surface area (Å²) in [4.78, 5) is 7.53. The van der Waals surface area contributed by atoms with Gasteiger partial charge in [-0.3, -0.25) is 4.99 Å². The van der Waals surface area contributed by atoms with E-state index in [0.717, 1.165) is 16.5 Å². The number of hydrogen-bond acceptors (Lipinski definition) is 2. The molecular formula is C19H20F3IN4O. The second kappa shape index (κ2) is 9.18. The number of halogens is 4. The lowest BCUT2D eigenvalue weighted by molar-refractivity contribution is -0.274. The van der Waals surface area contributed by atoms with E-state index in [1.165, 1.54) is 29.8 Å². The number of aromatic nitrogens is 1. The Morgan fingerprint density at radius 1 is 1.18 bits per heavy atom. The quantitative estimate of drug-likeness (QED) is 0.261. The van der Waals surface area contributed by atoms with Crippen LogP contribution in [0.15, 0.2) is 53.7 Å². The van der Waals surface area contributed by atoms with Crippen molar-refractivity contribution in [1.29, 1.82) is 0 Å². The average Bonchev–Trinajstić information content (AvgIpc) is 3.00. The summed E-state index contributed by atoms with van der Waals surface area (Å²) in [7, 11) is 0. The molecule has 9 heteroatoms. The molecule has 0 bridgehead atoms. The maximum absolute atomic E-state index is 12.1. The number of nitrogens with zero attached hydrogens (tertiary/aromatic N) is 1. The molecule has 0 atom stereocenters. The Bertz CT molecular complexity index is 952. The van der Waals surface area contributed by atoms with E-state index in [9.17, 15) is 13.2 Å². The van der Waals surface area contributed by atoms with Gasteiger partial charge in [-0.25, -0.2) is 0 Å². The van der Waals surface area contributed by atoms with E-state index < -0.39 is 6.36 Å². The number of anilines is 1. The highest BCUT2D eigenvalue weighted by Crippen LogP contribution is 2.24. The minimum absolute atomic E-state index is 0. The second-order valence-electron chi connectivity index (χ2n) is 6.03. The van der Waals surface area contributed by atoms with Crippen molar-refractivity contribution < 1.29 is 17.9 Å². The summed E-state index contributed by atoms with van der Waals surface area (Å²) in [6.07, 6.45) is -2.03. The molecule has 0 radical (unpaired) electrons. The lowest BCUT2D eigenvalue weighted by Crippen LogP contribution is -2.23. The number of nitrogens with two attached hydrogens (primary N) is 1. The van der Waals surface area contributed by atoms with Crippen LogP contribution in [0, 0.1) is 6.92 Å². The minimum atomic E-state index is -4.71. The van der Waals surface area contributed by atoms with Crippen molar-refractivity contribution in [3.8, 4) is 5.75 Å². The molecule has 3 rings (SSSR count). The van der Waals surface area contributed by atoms with Gasteiger partial charge in [0.15, 0.2) is 5.96 Å². The van der Waals surface area contributed by atoms with Gasteiger partial charge >= 0.3 is 6.36 Å². The zero-order chi connectivity index (χ0) is 19.4. The van der Waals surface area contributed by atoms with Crippen molar-refractivity contribution in [3.05, 3.63) is 59.8 Å². The van der Waals surface area contributed by atoms with Crippen LogP contribution < -0.4 is 15.8 Å². The maximum Gasteiger partial charge on any atom is 0.573 e. The van der Waals surface area contributed by atoms with Gasteiger partial charge in [-0.15, -0.1) is 37.1 Å².